The van der Waals surface area contributed by atoms with Gasteiger partial charge < -0.3 is 14.8 Å². The highest BCUT2D eigenvalue weighted by atomic mass is 32.1. The second-order valence-electron chi connectivity index (χ2n) is 6.17. The van der Waals surface area contributed by atoms with Crippen molar-refractivity contribution >= 4 is 33.9 Å². The van der Waals surface area contributed by atoms with Crippen molar-refractivity contribution in [1.82, 2.24) is 4.98 Å². The molecule has 0 fully saturated rings. The number of nitrogens with one attached hydrogen (secondary N) is 1. The molecule has 0 atom stereocenters. The lowest BCUT2D eigenvalue weighted by Gasteiger charge is -2.07. The standard InChI is InChI=1S/C21H20N2O4S/c1-14-6-8-17(9-7-14)22-21-23-18(13-28-21)11-27-20(25)12-26-19-5-3-4-16(10-19)15(2)24/h3-10,13H,11-12H2,1-2H3,(H,22,23). The third kappa shape index (κ3) is 5.65. The van der Waals surface area contributed by atoms with Gasteiger partial charge in [0.15, 0.2) is 17.5 Å². The Hall–Kier alpha value is -3.19. The summed E-state index contributed by atoms with van der Waals surface area (Å²) in [6, 6.07) is 14.7. The number of Topliss-reactive ketones (excluding diaryl/α,β-unsaturated/α-hetero) is 1. The molecule has 3 aromatic rings. The number of aromatic nitrogens is 1. The van der Waals surface area contributed by atoms with Crippen LogP contribution in [0.25, 0.3) is 0 Å². The Morgan fingerprint density at radius 1 is 1.14 bits per heavy atom. The molecule has 0 bridgehead atoms. The van der Waals surface area contributed by atoms with E-state index in [9.17, 15) is 9.59 Å². The summed E-state index contributed by atoms with van der Waals surface area (Å²) in [5.74, 6) is -0.122. The number of ether oxygens (including phenoxy) is 2. The first-order valence-electron chi connectivity index (χ1n) is 8.67. The molecule has 28 heavy (non-hydrogen) atoms. The van der Waals surface area contributed by atoms with Crippen LogP contribution in [0.5, 0.6) is 5.75 Å². The molecule has 0 unspecified atom stereocenters. The van der Waals surface area contributed by atoms with Gasteiger partial charge in [-0.25, -0.2) is 9.78 Å². The Balaban J connectivity index is 1.46. The van der Waals surface area contributed by atoms with E-state index >= 15 is 0 Å². The number of aryl methyl sites for hydroxylation is 1. The maximum absolute atomic E-state index is 11.9. The van der Waals surface area contributed by atoms with Gasteiger partial charge >= 0.3 is 5.97 Å². The smallest absolute Gasteiger partial charge is 0.344 e. The van der Waals surface area contributed by atoms with Crippen LogP contribution in [0.3, 0.4) is 0 Å². The lowest BCUT2D eigenvalue weighted by atomic mass is 10.1. The van der Waals surface area contributed by atoms with Crippen LogP contribution in [0.1, 0.15) is 28.5 Å². The summed E-state index contributed by atoms with van der Waals surface area (Å²) in [6.45, 7) is 3.34. The maximum atomic E-state index is 11.9. The van der Waals surface area contributed by atoms with Crippen LogP contribution in [-0.4, -0.2) is 23.3 Å². The Labute approximate surface area is 167 Å². The number of ketones is 1. The predicted octanol–water partition coefficient (Wildman–Crippen LogP) is 4.52. The van der Waals surface area contributed by atoms with Crippen LogP contribution in [0.15, 0.2) is 53.9 Å². The number of hydrogen-bond acceptors (Lipinski definition) is 7. The van der Waals surface area contributed by atoms with E-state index in [1.54, 1.807) is 24.3 Å². The van der Waals surface area contributed by atoms with Crippen molar-refractivity contribution in [2.75, 3.05) is 11.9 Å². The van der Waals surface area contributed by atoms with Gasteiger partial charge in [0.25, 0.3) is 0 Å². The summed E-state index contributed by atoms with van der Waals surface area (Å²) in [6.07, 6.45) is 0. The number of carbonyl (C=O) groups is 2. The second-order valence-corrected chi connectivity index (χ2v) is 7.03. The minimum absolute atomic E-state index is 0.0633. The van der Waals surface area contributed by atoms with Crippen LogP contribution in [-0.2, 0) is 16.1 Å². The number of benzene rings is 2. The molecule has 3 rings (SSSR count). The molecular weight excluding hydrogens is 376 g/mol. The third-order valence-electron chi connectivity index (χ3n) is 3.83. The number of esters is 1. The third-order valence-corrected chi connectivity index (χ3v) is 4.64. The molecule has 0 spiro atoms. The van der Waals surface area contributed by atoms with Gasteiger partial charge in [-0.1, -0.05) is 29.8 Å². The average Bonchev–Trinajstić information content (AvgIpc) is 3.14. The molecule has 1 aromatic heterocycles. The summed E-state index contributed by atoms with van der Waals surface area (Å²) in [5, 5.41) is 5.78. The molecule has 0 aliphatic heterocycles. The first-order valence-corrected chi connectivity index (χ1v) is 9.55. The van der Waals surface area contributed by atoms with Crippen molar-refractivity contribution < 1.29 is 19.1 Å². The second kappa shape index (κ2) is 9.14. The molecular formula is C21H20N2O4S. The number of hydrogen-bond donors (Lipinski definition) is 1. The quantitative estimate of drug-likeness (QED) is 0.446. The Morgan fingerprint density at radius 2 is 1.93 bits per heavy atom. The van der Waals surface area contributed by atoms with E-state index in [2.05, 4.69) is 10.3 Å². The number of anilines is 2. The highest BCUT2D eigenvalue weighted by Gasteiger charge is 2.09. The minimum atomic E-state index is -0.505. The van der Waals surface area contributed by atoms with Crippen LogP contribution in [0.4, 0.5) is 10.8 Å². The van der Waals surface area contributed by atoms with Gasteiger partial charge in [0.05, 0.1) is 5.69 Å². The fourth-order valence-electron chi connectivity index (χ4n) is 2.33. The van der Waals surface area contributed by atoms with Crippen molar-refractivity contribution in [3.63, 3.8) is 0 Å². The summed E-state index contributed by atoms with van der Waals surface area (Å²) in [7, 11) is 0. The van der Waals surface area contributed by atoms with Gasteiger partial charge in [-0.2, -0.15) is 0 Å². The lowest BCUT2D eigenvalue weighted by Crippen LogP contribution is -2.15. The number of nitrogens with zero attached hydrogens (tertiary/aromatic N) is 1. The Kier molecular flexibility index (Phi) is 6.39. The fourth-order valence-corrected chi connectivity index (χ4v) is 3.05. The molecule has 1 N–H and O–H groups in total. The van der Waals surface area contributed by atoms with E-state index in [0.717, 1.165) is 10.8 Å². The van der Waals surface area contributed by atoms with Crippen LogP contribution in [0, 0.1) is 6.92 Å². The number of rotatable bonds is 8. The molecule has 0 radical (unpaired) electrons. The topological polar surface area (TPSA) is 77.5 Å². The molecule has 2 aromatic carbocycles. The van der Waals surface area contributed by atoms with Crippen molar-refractivity contribution in [1.29, 1.82) is 0 Å². The molecule has 0 amide bonds. The van der Waals surface area contributed by atoms with Crippen LogP contribution in [0.2, 0.25) is 0 Å². The molecule has 0 aliphatic rings. The monoisotopic (exact) mass is 396 g/mol. The van der Waals surface area contributed by atoms with E-state index in [1.807, 2.05) is 36.6 Å². The summed E-state index contributed by atoms with van der Waals surface area (Å²) < 4.78 is 10.6. The number of thiazole rings is 1. The molecule has 7 heteroatoms. The van der Waals surface area contributed by atoms with E-state index in [0.29, 0.717) is 17.0 Å². The predicted molar refractivity (Wildman–Crippen MR) is 108 cm³/mol. The summed E-state index contributed by atoms with van der Waals surface area (Å²) >= 11 is 1.44. The largest absolute Gasteiger partial charge is 0.482 e. The average molecular weight is 396 g/mol. The van der Waals surface area contributed by atoms with Gasteiger partial charge in [0, 0.05) is 16.6 Å². The first-order chi connectivity index (χ1) is 13.5. The highest BCUT2D eigenvalue weighted by Crippen LogP contribution is 2.21. The van der Waals surface area contributed by atoms with E-state index in [1.165, 1.54) is 23.8 Å². The van der Waals surface area contributed by atoms with E-state index in [4.69, 9.17) is 9.47 Å². The summed E-state index contributed by atoms with van der Waals surface area (Å²) in [4.78, 5) is 27.7. The first kappa shape index (κ1) is 19.6. The molecule has 0 aliphatic carbocycles. The minimum Gasteiger partial charge on any atom is -0.482 e. The Bertz CT molecular complexity index is 967. The van der Waals surface area contributed by atoms with Crippen molar-refractivity contribution in [3.05, 3.63) is 70.7 Å². The number of carbonyl (C=O) groups excluding carboxylic acids is 2. The van der Waals surface area contributed by atoms with Crippen molar-refractivity contribution in [2.45, 2.75) is 20.5 Å². The van der Waals surface area contributed by atoms with Gasteiger partial charge in [-0.05, 0) is 38.1 Å². The summed E-state index contributed by atoms with van der Waals surface area (Å²) in [5.41, 5.74) is 3.32. The van der Waals surface area contributed by atoms with Gasteiger partial charge in [0.2, 0.25) is 0 Å². The van der Waals surface area contributed by atoms with Crippen molar-refractivity contribution in [2.24, 2.45) is 0 Å². The Morgan fingerprint density at radius 3 is 2.68 bits per heavy atom. The fraction of sp³-hybridized carbons (Fsp3) is 0.190. The van der Waals surface area contributed by atoms with Crippen LogP contribution >= 0.6 is 11.3 Å². The zero-order valence-corrected chi connectivity index (χ0v) is 16.4. The zero-order valence-electron chi connectivity index (χ0n) is 15.6. The molecule has 6 nitrogen and oxygen atoms in total. The lowest BCUT2D eigenvalue weighted by molar-refractivity contribution is -0.147. The molecule has 144 valence electrons. The normalized spacial score (nSPS) is 10.4. The van der Waals surface area contributed by atoms with E-state index < -0.39 is 5.97 Å². The zero-order chi connectivity index (χ0) is 19.9. The van der Waals surface area contributed by atoms with Gasteiger partial charge in [0.1, 0.15) is 12.4 Å². The van der Waals surface area contributed by atoms with Crippen molar-refractivity contribution in [3.8, 4) is 5.75 Å². The molecule has 0 saturated heterocycles. The highest BCUT2D eigenvalue weighted by molar-refractivity contribution is 7.13. The molecule has 0 saturated carbocycles. The van der Waals surface area contributed by atoms with Gasteiger partial charge in [-0.15, -0.1) is 11.3 Å². The van der Waals surface area contributed by atoms with Crippen LogP contribution < -0.4 is 10.1 Å². The maximum Gasteiger partial charge on any atom is 0.344 e. The SMILES string of the molecule is CC(=O)c1cccc(OCC(=O)OCc2csc(Nc3ccc(C)cc3)n2)c1. The van der Waals surface area contributed by atoms with Gasteiger partial charge in [-0.3, -0.25) is 4.79 Å². The van der Waals surface area contributed by atoms with E-state index in [-0.39, 0.29) is 19.0 Å². The molecule has 1 heterocycles.